The molecule has 0 N–H and O–H groups in total. The molecule has 1 aromatic carbocycles. The number of benzene rings is 1. The summed E-state index contributed by atoms with van der Waals surface area (Å²) in [5.74, 6) is 0.851. The van der Waals surface area contributed by atoms with Crippen molar-refractivity contribution in [3.8, 4) is 0 Å². The lowest BCUT2D eigenvalue weighted by molar-refractivity contribution is 0.592. The molecule has 3 aromatic rings. The molecule has 21 heavy (non-hydrogen) atoms. The van der Waals surface area contributed by atoms with Crippen molar-refractivity contribution in [2.45, 2.75) is 18.8 Å². The molecule has 0 aliphatic heterocycles. The average molecular weight is 369 g/mol. The molecule has 3 rings (SSSR count). The average Bonchev–Trinajstić information content (AvgIpc) is 2.83. The number of rotatable bonds is 4. The highest BCUT2D eigenvalue weighted by molar-refractivity contribution is 9.10. The third-order valence-electron chi connectivity index (χ3n) is 3.31. The molecule has 0 atom stereocenters. The second-order valence-corrected chi connectivity index (χ2v) is 5.83. The van der Waals surface area contributed by atoms with Crippen molar-refractivity contribution in [3.05, 3.63) is 58.2 Å². The van der Waals surface area contributed by atoms with Crippen molar-refractivity contribution in [1.82, 2.24) is 14.5 Å². The standard InChI is InChI=1S/C15H12BrClFN3/c16-11-7-13-15(19-9-11)21(14(8-17)20-13)6-5-10-3-1-2-4-12(10)18/h1-4,7,9H,5-6,8H2. The smallest absolute Gasteiger partial charge is 0.160 e. The Balaban J connectivity index is 1.94. The lowest BCUT2D eigenvalue weighted by Crippen LogP contribution is -2.06. The second-order valence-electron chi connectivity index (χ2n) is 4.65. The van der Waals surface area contributed by atoms with E-state index < -0.39 is 0 Å². The highest BCUT2D eigenvalue weighted by atomic mass is 79.9. The van der Waals surface area contributed by atoms with E-state index in [2.05, 4.69) is 25.9 Å². The molecule has 0 radical (unpaired) electrons. The van der Waals surface area contributed by atoms with Crippen LogP contribution in [0.15, 0.2) is 41.0 Å². The quantitative estimate of drug-likeness (QED) is 0.642. The molecule has 0 aliphatic rings. The van der Waals surface area contributed by atoms with Crippen LogP contribution in [0.5, 0.6) is 0 Å². The van der Waals surface area contributed by atoms with E-state index in [-0.39, 0.29) is 5.82 Å². The summed E-state index contributed by atoms with van der Waals surface area (Å²) in [6.45, 7) is 0.591. The molecule has 0 amide bonds. The maximum atomic E-state index is 13.7. The van der Waals surface area contributed by atoms with Gasteiger partial charge in [0.2, 0.25) is 0 Å². The van der Waals surface area contributed by atoms with Crippen molar-refractivity contribution in [2.24, 2.45) is 0 Å². The molecule has 2 heterocycles. The first kappa shape index (κ1) is 14.5. The number of aryl methyl sites for hydroxylation is 2. The molecule has 0 saturated carbocycles. The molecule has 0 unspecified atom stereocenters. The van der Waals surface area contributed by atoms with Crippen molar-refractivity contribution in [1.29, 1.82) is 0 Å². The fraction of sp³-hybridized carbons (Fsp3) is 0.200. The highest BCUT2D eigenvalue weighted by Gasteiger charge is 2.12. The lowest BCUT2D eigenvalue weighted by atomic mass is 10.1. The zero-order chi connectivity index (χ0) is 14.8. The van der Waals surface area contributed by atoms with Crippen LogP contribution in [0, 0.1) is 5.82 Å². The largest absolute Gasteiger partial charge is 0.311 e. The maximum absolute atomic E-state index is 13.7. The van der Waals surface area contributed by atoms with Crippen LogP contribution in [0.3, 0.4) is 0 Å². The van der Waals surface area contributed by atoms with Crippen molar-refractivity contribution in [3.63, 3.8) is 0 Å². The number of aromatic nitrogens is 3. The van der Waals surface area contributed by atoms with Gasteiger partial charge in [-0.15, -0.1) is 11.6 Å². The molecule has 0 bridgehead atoms. The van der Waals surface area contributed by atoms with E-state index in [1.165, 1.54) is 6.07 Å². The molecule has 0 fully saturated rings. The van der Waals surface area contributed by atoms with Crippen molar-refractivity contribution in [2.75, 3.05) is 0 Å². The van der Waals surface area contributed by atoms with Crippen LogP contribution < -0.4 is 0 Å². The van der Waals surface area contributed by atoms with E-state index in [0.717, 1.165) is 21.5 Å². The molecular formula is C15H12BrClFN3. The third kappa shape index (κ3) is 2.94. The summed E-state index contributed by atoms with van der Waals surface area (Å²) in [5.41, 5.74) is 2.23. The van der Waals surface area contributed by atoms with Crippen molar-refractivity contribution < 1.29 is 4.39 Å². The highest BCUT2D eigenvalue weighted by Crippen LogP contribution is 2.20. The predicted molar refractivity (Wildman–Crippen MR) is 84.9 cm³/mol. The fourth-order valence-corrected chi connectivity index (χ4v) is 2.83. The van der Waals surface area contributed by atoms with Crippen LogP contribution in [0.25, 0.3) is 11.2 Å². The Morgan fingerprint density at radius 1 is 1.29 bits per heavy atom. The number of hydrogen-bond donors (Lipinski definition) is 0. The van der Waals surface area contributed by atoms with Gasteiger partial charge in [0, 0.05) is 17.2 Å². The zero-order valence-electron chi connectivity index (χ0n) is 11.1. The Bertz CT molecular complexity index is 788. The van der Waals surface area contributed by atoms with Crippen LogP contribution in [0.2, 0.25) is 0 Å². The SMILES string of the molecule is Fc1ccccc1CCn1c(CCl)nc2cc(Br)cnc21. The Labute approximate surface area is 134 Å². The minimum Gasteiger partial charge on any atom is -0.311 e. The van der Waals surface area contributed by atoms with Crippen LogP contribution >= 0.6 is 27.5 Å². The molecule has 0 saturated heterocycles. The van der Waals surface area contributed by atoms with Crippen LogP contribution in [-0.2, 0) is 18.8 Å². The number of hydrogen-bond acceptors (Lipinski definition) is 2. The monoisotopic (exact) mass is 367 g/mol. The normalized spacial score (nSPS) is 11.2. The van der Waals surface area contributed by atoms with Crippen molar-refractivity contribution >= 4 is 38.7 Å². The van der Waals surface area contributed by atoms with Gasteiger partial charge in [-0.05, 0) is 40.0 Å². The van der Waals surface area contributed by atoms with Crippen LogP contribution in [-0.4, -0.2) is 14.5 Å². The summed E-state index contributed by atoms with van der Waals surface area (Å²) >= 11 is 9.34. The number of nitrogens with zero attached hydrogens (tertiary/aromatic N) is 3. The number of pyridine rings is 1. The van der Waals surface area contributed by atoms with Gasteiger partial charge in [0.1, 0.15) is 17.2 Å². The van der Waals surface area contributed by atoms with E-state index in [1.54, 1.807) is 18.3 Å². The summed E-state index contributed by atoms with van der Waals surface area (Å²) in [5, 5.41) is 0. The molecule has 0 aliphatic carbocycles. The van der Waals surface area contributed by atoms with Gasteiger partial charge in [0.05, 0.1) is 5.88 Å². The molecule has 0 spiro atoms. The van der Waals surface area contributed by atoms with Gasteiger partial charge >= 0.3 is 0 Å². The van der Waals surface area contributed by atoms with E-state index >= 15 is 0 Å². The summed E-state index contributed by atoms with van der Waals surface area (Å²) in [7, 11) is 0. The second kappa shape index (κ2) is 6.12. The predicted octanol–water partition coefficient (Wildman–Crippen LogP) is 4.31. The van der Waals surface area contributed by atoms with Gasteiger partial charge in [-0.3, -0.25) is 0 Å². The first-order chi connectivity index (χ1) is 10.2. The Kier molecular flexibility index (Phi) is 4.22. The van der Waals surface area contributed by atoms with Crippen LogP contribution in [0.1, 0.15) is 11.4 Å². The number of fused-ring (bicyclic) bond motifs is 1. The summed E-state index contributed by atoms with van der Waals surface area (Å²) in [6.07, 6.45) is 2.29. The van der Waals surface area contributed by atoms with Gasteiger partial charge in [0.25, 0.3) is 0 Å². The summed E-state index contributed by atoms with van der Waals surface area (Å²) in [4.78, 5) is 8.86. The maximum Gasteiger partial charge on any atom is 0.160 e. The van der Waals surface area contributed by atoms with Gasteiger partial charge in [-0.25, -0.2) is 14.4 Å². The van der Waals surface area contributed by atoms with Crippen LogP contribution in [0.4, 0.5) is 4.39 Å². The molecule has 3 nitrogen and oxygen atoms in total. The van der Waals surface area contributed by atoms with E-state index in [1.807, 2.05) is 16.7 Å². The summed E-state index contributed by atoms with van der Waals surface area (Å²) < 4.78 is 16.5. The minimum absolute atomic E-state index is 0.190. The van der Waals surface area contributed by atoms with E-state index in [9.17, 15) is 4.39 Å². The first-order valence-corrected chi connectivity index (χ1v) is 7.82. The third-order valence-corrected chi connectivity index (χ3v) is 3.99. The molecule has 108 valence electrons. The van der Waals surface area contributed by atoms with E-state index in [0.29, 0.717) is 24.4 Å². The Morgan fingerprint density at radius 3 is 2.86 bits per heavy atom. The Morgan fingerprint density at radius 2 is 2.10 bits per heavy atom. The molecule has 6 heteroatoms. The van der Waals surface area contributed by atoms with E-state index in [4.69, 9.17) is 11.6 Å². The van der Waals surface area contributed by atoms with Gasteiger partial charge in [-0.2, -0.15) is 0 Å². The number of alkyl halides is 1. The number of imidazole rings is 1. The Hall–Kier alpha value is -1.46. The molecule has 2 aromatic heterocycles. The fourth-order valence-electron chi connectivity index (χ4n) is 2.30. The number of halogens is 3. The van der Waals surface area contributed by atoms with Gasteiger partial charge < -0.3 is 4.57 Å². The summed E-state index contributed by atoms with van der Waals surface area (Å²) in [6, 6.07) is 8.69. The van der Waals surface area contributed by atoms with Gasteiger partial charge in [0.15, 0.2) is 5.65 Å². The van der Waals surface area contributed by atoms with Gasteiger partial charge in [-0.1, -0.05) is 18.2 Å². The zero-order valence-corrected chi connectivity index (χ0v) is 13.4. The molecular weight excluding hydrogens is 357 g/mol. The minimum atomic E-state index is -0.190. The first-order valence-electron chi connectivity index (χ1n) is 6.49. The lowest BCUT2D eigenvalue weighted by Gasteiger charge is -2.08. The topological polar surface area (TPSA) is 30.7 Å².